The summed E-state index contributed by atoms with van der Waals surface area (Å²) < 4.78 is 0. The first-order chi connectivity index (χ1) is 7.22. The molecule has 0 aromatic heterocycles. The highest BCUT2D eigenvalue weighted by Crippen LogP contribution is 2.38. The lowest BCUT2D eigenvalue weighted by atomic mass is 10.2. The number of carbonyl (C=O) groups excluding carboxylic acids is 1. The van der Waals surface area contributed by atoms with E-state index in [9.17, 15) is 4.79 Å². The first-order valence-corrected chi connectivity index (χ1v) is 5.54. The van der Waals surface area contributed by atoms with Crippen LogP contribution in [0.5, 0.6) is 0 Å². The van der Waals surface area contributed by atoms with Gasteiger partial charge in [-0.2, -0.15) is 5.26 Å². The summed E-state index contributed by atoms with van der Waals surface area (Å²) in [7, 11) is 0. The average molecular weight is 218 g/mol. The first-order valence-electron chi connectivity index (χ1n) is 4.66. The van der Waals surface area contributed by atoms with Crippen molar-refractivity contribution >= 4 is 23.4 Å². The summed E-state index contributed by atoms with van der Waals surface area (Å²) in [6.07, 6.45) is 0.254. The number of hydrogen-bond donors (Lipinski definition) is 1. The lowest BCUT2D eigenvalue weighted by Gasteiger charge is -2.23. The minimum absolute atomic E-state index is 0.0663. The van der Waals surface area contributed by atoms with Crippen LogP contribution in [0.3, 0.4) is 0 Å². The van der Waals surface area contributed by atoms with Crippen LogP contribution in [-0.2, 0) is 4.79 Å². The van der Waals surface area contributed by atoms with Crippen LogP contribution < -0.4 is 5.32 Å². The van der Waals surface area contributed by atoms with Crippen LogP contribution in [0.25, 0.3) is 0 Å². The number of aryl methyl sites for hydroxylation is 1. The maximum Gasteiger partial charge on any atom is 0.238 e. The van der Waals surface area contributed by atoms with Gasteiger partial charge in [0.1, 0.15) is 5.25 Å². The van der Waals surface area contributed by atoms with Crippen LogP contribution in [0, 0.1) is 18.3 Å². The van der Waals surface area contributed by atoms with E-state index in [0.29, 0.717) is 0 Å². The van der Waals surface area contributed by atoms with Gasteiger partial charge < -0.3 is 5.32 Å². The number of nitrogens with one attached hydrogen (secondary N) is 1. The number of amides is 1. The van der Waals surface area contributed by atoms with Gasteiger partial charge in [-0.05, 0) is 18.6 Å². The molecule has 0 spiro atoms. The molecule has 0 saturated carbocycles. The fraction of sp³-hybridized carbons (Fsp3) is 0.273. The topological polar surface area (TPSA) is 52.9 Å². The summed E-state index contributed by atoms with van der Waals surface area (Å²) in [6.45, 7) is 1.96. The third-order valence-electron chi connectivity index (χ3n) is 2.32. The van der Waals surface area contributed by atoms with E-state index in [-0.39, 0.29) is 17.6 Å². The van der Waals surface area contributed by atoms with Gasteiger partial charge in [0.05, 0.1) is 18.2 Å². The van der Waals surface area contributed by atoms with Crippen LogP contribution in [0.15, 0.2) is 23.1 Å². The van der Waals surface area contributed by atoms with Gasteiger partial charge >= 0.3 is 0 Å². The molecule has 1 unspecified atom stereocenters. The minimum atomic E-state index is -0.274. The van der Waals surface area contributed by atoms with E-state index >= 15 is 0 Å². The number of nitriles is 1. The van der Waals surface area contributed by atoms with Crippen LogP contribution >= 0.6 is 11.8 Å². The highest BCUT2D eigenvalue weighted by Gasteiger charge is 2.27. The monoisotopic (exact) mass is 218 g/mol. The number of anilines is 1. The summed E-state index contributed by atoms with van der Waals surface area (Å²) in [5.74, 6) is -0.0663. The molecule has 15 heavy (non-hydrogen) atoms. The highest BCUT2D eigenvalue weighted by molar-refractivity contribution is 8.01. The van der Waals surface area contributed by atoms with Gasteiger partial charge in [0, 0.05) is 4.90 Å². The van der Waals surface area contributed by atoms with Crippen LogP contribution in [0.1, 0.15) is 12.0 Å². The number of hydrogen-bond acceptors (Lipinski definition) is 3. The Morgan fingerprint density at radius 2 is 2.40 bits per heavy atom. The number of thioether (sulfide) groups is 1. The van der Waals surface area contributed by atoms with E-state index in [1.165, 1.54) is 11.8 Å². The summed E-state index contributed by atoms with van der Waals surface area (Å²) in [5, 5.41) is 11.2. The Bertz CT molecular complexity index is 450. The summed E-state index contributed by atoms with van der Waals surface area (Å²) in [4.78, 5) is 12.7. The van der Waals surface area contributed by atoms with Crippen molar-refractivity contribution in [1.82, 2.24) is 0 Å². The fourth-order valence-corrected chi connectivity index (χ4v) is 2.64. The molecule has 4 heteroatoms. The van der Waals surface area contributed by atoms with Gasteiger partial charge in [0.2, 0.25) is 5.91 Å². The third-order valence-corrected chi connectivity index (χ3v) is 3.58. The molecular weight excluding hydrogens is 208 g/mol. The molecule has 1 aromatic carbocycles. The zero-order chi connectivity index (χ0) is 10.8. The van der Waals surface area contributed by atoms with Crippen molar-refractivity contribution in [2.75, 3.05) is 5.32 Å². The molecule has 3 nitrogen and oxygen atoms in total. The van der Waals surface area contributed by atoms with Gasteiger partial charge in [0.15, 0.2) is 0 Å². The number of para-hydroxylation sites is 1. The molecule has 0 radical (unpaired) electrons. The molecule has 0 aliphatic carbocycles. The lowest BCUT2D eigenvalue weighted by Crippen LogP contribution is -2.29. The van der Waals surface area contributed by atoms with E-state index in [1.54, 1.807) is 0 Å². The number of benzene rings is 1. The van der Waals surface area contributed by atoms with Gasteiger partial charge in [-0.25, -0.2) is 0 Å². The van der Waals surface area contributed by atoms with Gasteiger partial charge in [-0.3, -0.25) is 4.79 Å². The van der Waals surface area contributed by atoms with Crippen molar-refractivity contribution in [2.24, 2.45) is 0 Å². The van der Waals surface area contributed by atoms with E-state index < -0.39 is 0 Å². The Morgan fingerprint density at radius 3 is 3.13 bits per heavy atom. The molecular formula is C11H10N2OS. The molecule has 76 valence electrons. The average Bonchev–Trinajstić information content (AvgIpc) is 2.21. The number of nitrogens with zero attached hydrogens (tertiary/aromatic N) is 1. The molecule has 0 saturated heterocycles. The number of fused-ring (bicyclic) bond motifs is 1. The fourth-order valence-electron chi connectivity index (χ4n) is 1.53. The Hall–Kier alpha value is -1.47. The molecule has 1 heterocycles. The first kappa shape index (κ1) is 10.1. The van der Waals surface area contributed by atoms with Gasteiger partial charge in [-0.1, -0.05) is 12.1 Å². The number of carbonyl (C=O) groups is 1. The largest absolute Gasteiger partial charge is 0.324 e. The van der Waals surface area contributed by atoms with Crippen molar-refractivity contribution in [2.45, 2.75) is 23.5 Å². The van der Waals surface area contributed by atoms with Crippen molar-refractivity contribution in [3.63, 3.8) is 0 Å². The summed E-state index contributed by atoms with van der Waals surface area (Å²) in [5.41, 5.74) is 1.95. The van der Waals surface area contributed by atoms with Gasteiger partial charge in [0.25, 0.3) is 0 Å². The quantitative estimate of drug-likeness (QED) is 0.787. The molecule has 0 bridgehead atoms. The molecule has 1 aliphatic rings. The van der Waals surface area contributed by atoms with Crippen molar-refractivity contribution in [1.29, 1.82) is 5.26 Å². The summed E-state index contributed by atoms with van der Waals surface area (Å²) in [6, 6.07) is 7.92. The normalized spacial score (nSPS) is 18.9. The number of rotatable bonds is 1. The zero-order valence-corrected chi connectivity index (χ0v) is 9.10. The van der Waals surface area contributed by atoms with E-state index in [1.807, 2.05) is 31.2 Å². The van der Waals surface area contributed by atoms with E-state index in [2.05, 4.69) is 5.32 Å². The van der Waals surface area contributed by atoms with E-state index in [0.717, 1.165) is 16.1 Å². The van der Waals surface area contributed by atoms with Crippen molar-refractivity contribution in [3.8, 4) is 6.07 Å². The Morgan fingerprint density at radius 1 is 1.60 bits per heavy atom. The van der Waals surface area contributed by atoms with Gasteiger partial charge in [-0.15, -0.1) is 11.8 Å². The molecule has 1 atom stereocenters. The van der Waals surface area contributed by atoms with E-state index in [4.69, 9.17) is 5.26 Å². The van der Waals surface area contributed by atoms with Crippen molar-refractivity contribution in [3.05, 3.63) is 23.8 Å². The Labute approximate surface area is 92.5 Å². The van der Waals surface area contributed by atoms with Crippen LogP contribution in [0.4, 0.5) is 5.69 Å². The second-order valence-corrected chi connectivity index (χ2v) is 4.65. The SMILES string of the molecule is Cc1cccc2c1NC(=O)C(CC#N)S2. The molecule has 1 aliphatic heterocycles. The second kappa shape index (κ2) is 3.95. The summed E-state index contributed by atoms with van der Waals surface area (Å²) >= 11 is 1.47. The standard InChI is InChI=1S/C11H10N2OS/c1-7-3-2-4-8-10(7)13-11(14)9(15-8)5-6-12/h2-4,9H,5H2,1H3,(H,13,14). The minimum Gasteiger partial charge on any atom is -0.324 e. The molecule has 1 aromatic rings. The lowest BCUT2D eigenvalue weighted by molar-refractivity contribution is -0.115. The highest BCUT2D eigenvalue weighted by atomic mass is 32.2. The molecule has 2 rings (SSSR count). The zero-order valence-electron chi connectivity index (χ0n) is 8.28. The second-order valence-electron chi connectivity index (χ2n) is 3.41. The third kappa shape index (κ3) is 1.83. The molecule has 1 N–H and O–H groups in total. The Balaban J connectivity index is 2.35. The molecule has 1 amide bonds. The maximum atomic E-state index is 11.6. The Kier molecular flexibility index (Phi) is 2.65. The van der Waals surface area contributed by atoms with Crippen molar-refractivity contribution < 1.29 is 4.79 Å². The predicted molar refractivity (Wildman–Crippen MR) is 59.7 cm³/mol. The predicted octanol–water partition coefficient (Wildman–Crippen LogP) is 2.32. The van der Waals surface area contributed by atoms with Crippen LogP contribution in [-0.4, -0.2) is 11.2 Å². The maximum absolute atomic E-state index is 11.6. The smallest absolute Gasteiger partial charge is 0.238 e. The van der Waals surface area contributed by atoms with Crippen LogP contribution in [0.2, 0.25) is 0 Å². The molecule has 0 fully saturated rings.